The number of fused-ring (bicyclic) bond motifs is 2. The molecule has 2 heterocycles. The molecule has 34 heavy (non-hydrogen) atoms. The molecule has 2 saturated heterocycles. The van der Waals surface area contributed by atoms with Gasteiger partial charge in [0.2, 0.25) is 0 Å². The van der Waals surface area contributed by atoms with Crippen molar-refractivity contribution >= 4 is 24.0 Å². The van der Waals surface area contributed by atoms with Crippen molar-refractivity contribution in [2.45, 2.75) is 36.6 Å². The smallest absolute Gasteiger partial charge is 0.364 e. The fraction of sp³-hybridized carbons (Fsp3) is 0.292. The number of benzene rings is 2. The topological polar surface area (TPSA) is 149 Å². The molecule has 2 aromatic carbocycles. The predicted molar refractivity (Wildman–Crippen MR) is 114 cm³/mol. The number of ether oxygens (including phenoxy) is 4. The van der Waals surface area contributed by atoms with Gasteiger partial charge in [0.25, 0.3) is 5.79 Å². The van der Waals surface area contributed by atoms with Gasteiger partial charge in [-0.2, -0.15) is 0 Å². The molecule has 0 radical (unpaired) electrons. The average molecular weight is 470 g/mol. The molecule has 2 fully saturated rings. The normalized spacial score (nSPS) is 27.9. The molecule has 0 unspecified atom stereocenters. The Kier molecular flexibility index (Phi) is 6.64. The third-order valence-corrected chi connectivity index (χ3v) is 5.49. The number of aliphatic hydroxyl groups excluding tert-OH is 1. The molecule has 2 bridgehead atoms. The second-order valence-corrected chi connectivity index (χ2v) is 7.86. The van der Waals surface area contributed by atoms with Crippen LogP contribution in [0.5, 0.6) is 5.75 Å². The number of phenolic OH excluding ortho intramolecular Hbond substituents is 1. The molecule has 4 rings (SSSR count). The van der Waals surface area contributed by atoms with Gasteiger partial charge in [-0.1, -0.05) is 30.3 Å². The summed E-state index contributed by atoms with van der Waals surface area (Å²) in [6.45, 7) is -0.398. The van der Waals surface area contributed by atoms with Gasteiger partial charge in [-0.3, -0.25) is 0 Å². The molecule has 10 nitrogen and oxygen atoms in total. The summed E-state index contributed by atoms with van der Waals surface area (Å²) in [5.41, 5.74) is 0.887. The van der Waals surface area contributed by atoms with E-state index in [0.717, 1.165) is 6.08 Å². The maximum Gasteiger partial charge on any atom is 0.364 e. The Bertz CT molecular complexity index is 1080. The fourth-order valence-electron chi connectivity index (χ4n) is 3.81. The zero-order valence-electron chi connectivity index (χ0n) is 17.8. The van der Waals surface area contributed by atoms with E-state index in [9.17, 15) is 29.7 Å². The fourth-order valence-corrected chi connectivity index (χ4v) is 3.81. The number of hydrogen-bond acceptors (Lipinski definition) is 9. The van der Waals surface area contributed by atoms with Crippen molar-refractivity contribution in [3.8, 4) is 5.75 Å². The summed E-state index contributed by atoms with van der Waals surface area (Å²) in [6.07, 6.45) is -2.75. The second kappa shape index (κ2) is 9.64. The van der Waals surface area contributed by atoms with E-state index in [2.05, 4.69) is 0 Å². The largest absolute Gasteiger partial charge is 0.508 e. The van der Waals surface area contributed by atoms with Crippen LogP contribution in [0.3, 0.4) is 0 Å². The molecular weight excluding hydrogens is 448 g/mol. The first-order chi connectivity index (χ1) is 16.3. The van der Waals surface area contributed by atoms with Crippen LogP contribution >= 0.6 is 0 Å². The van der Waals surface area contributed by atoms with Crippen molar-refractivity contribution in [3.05, 3.63) is 71.8 Å². The van der Waals surface area contributed by atoms with Gasteiger partial charge in [0.05, 0.1) is 11.7 Å². The van der Waals surface area contributed by atoms with Gasteiger partial charge in [-0.15, -0.1) is 0 Å². The monoisotopic (exact) mass is 470 g/mol. The molecule has 0 aliphatic carbocycles. The molecule has 178 valence electrons. The highest BCUT2D eigenvalue weighted by atomic mass is 16.8. The number of carbonyl (C=O) groups excluding carboxylic acids is 2. The van der Waals surface area contributed by atoms with E-state index in [4.69, 9.17) is 18.9 Å². The average Bonchev–Trinajstić information content (AvgIpc) is 3.15. The van der Waals surface area contributed by atoms with E-state index in [-0.39, 0.29) is 11.3 Å². The Morgan fingerprint density at radius 3 is 2.44 bits per heavy atom. The number of carboxylic acids is 1. The zero-order chi connectivity index (χ0) is 24.3. The van der Waals surface area contributed by atoms with E-state index in [1.807, 2.05) is 0 Å². The van der Waals surface area contributed by atoms with Crippen LogP contribution in [0.25, 0.3) is 6.08 Å². The van der Waals surface area contributed by atoms with Crippen molar-refractivity contribution in [3.63, 3.8) is 0 Å². The van der Waals surface area contributed by atoms with Crippen LogP contribution < -0.4 is 0 Å². The second-order valence-electron chi connectivity index (χ2n) is 7.86. The summed E-state index contributed by atoms with van der Waals surface area (Å²) in [4.78, 5) is 36.4. The molecule has 10 heteroatoms. The summed E-state index contributed by atoms with van der Waals surface area (Å²) >= 11 is 0. The van der Waals surface area contributed by atoms with Crippen LogP contribution in [-0.4, -0.2) is 70.0 Å². The molecule has 0 aromatic heterocycles. The van der Waals surface area contributed by atoms with Crippen LogP contribution in [0.2, 0.25) is 0 Å². The van der Waals surface area contributed by atoms with Gasteiger partial charge in [-0.05, 0) is 35.9 Å². The van der Waals surface area contributed by atoms with Crippen molar-refractivity contribution in [2.75, 3.05) is 6.61 Å². The Hall–Kier alpha value is -3.73. The zero-order valence-corrected chi connectivity index (χ0v) is 17.8. The van der Waals surface area contributed by atoms with Crippen molar-refractivity contribution in [1.82, 2.24) is 0 Å². The minimum Gasteiger partial charge on any atom is -0.508 e. The SMILES string of the molecule is O=C(/C=C/c1ccc(O)cc1)OC[C@@H]1O[C@]2(C(=O)O)C[C@H](O)[C@@H](OC(=O)c3ccccc3)[C@@H]1O2. The lowest BCUT2D eigenvalue weighted by molar-refractivity contribution is -0.244. The van der Waals surface area contributed by atoms with Crippen molar-refractivity contribution in [1.29, 1.82) is 0 Å². The van der Waals surface area contributed by atoms with Gasteiger partial charge >= 0.3 is 17.9 Å². The third-order valence-electron chi connectivity index (χ3n) is 5.49. The molecule has 5 atom stereocenters. The summed E-state index contributed by atoms with van der Waals surface area (Å²) in [6, 6.07) is 14.2. The predicted octanol–water partition coefficient (Wildman–Crippen LogP) is 1.50. The molecule has 2 aromatic rings. The Morgan fingerprint density at radius 2 is 1.76 bits per heavy atom. The quantitative estimate of drug-likeness (QED) is 0.401. The summed E-state index contributed by atoms with van der Waals surface area (Å²) in [5, 5.41) is 29.4. The minimum absolute atomic E-state index is 0.0845. The van der Waals surface area contributed by atoms with E-state index in [1.54, 1.807) is 30.3 Å². The highest BCUT2D eigenvalue weighted by molar-refractivity contribution is 5.89. The lowest BCUT2D eigenvalue weighted by atomic mass is 9.95. The number of aromatic hydroxyl groups is 1. The van der Waals surface area contributed by atoms with Crippen LogP contribution in [0, 0.1) is 0 Å². The van der Waals surface area contributed by atoms with Gasteiger partial charge in [0.15, 0.2) is 6.10 Å². The number of rotatable bonds is 7. The molecule has 0 amide bonds. The number of phenols is 1. The van der Waals surface area contributed by atoms with Gasteiger partial charge in [0, 0.05) is 12.5 Å². The minimum atomic E-state index is -2.14. The lowest BCUT2D eigenvalue weighted by Gasteiger charge is -2.36. The van der Waals surface area contributed by atoms with Gasteiger partial charge in [0.1, 0.15) is 24.6 Å². The molecular formula is C24H22O10. The number of aliphatic hydroxyl groups is 1. The first kappa shape index (κ1) is 23.4. The summed E-state index contributed by atoms with van der Waals surface area (Å²) in [7, 11) is 0. The lowest BCUT2D eigenvalue weighted by Crippen LogP contribution is -2.55. The number of aliphatic carboxylic acids is 1. The first-order valence-electron chi connectivity index (χ1n) is 10.4. The summed E-state index contributed by atoms with van der Waals surface area (Å²) in [5.74, 6) is -4.97. The highest BCUT2D eigenvalue weighted by Gasteiger charge is 2.63. The summed E-state index contributed by atoms with van der Waals surface area (Å²) < 4.78 is 21.7. The third kappa shape index (κ3) is 4.93. The van der Waals surface area contributed by atoms with Crippen LogP contribution in [-0.2, 0) is 28.5 Å². The standard InChI is InChI=1S/C24H22O10/c25-16-9-6-14(7-10-16)8-11-19(27)31-13-18-21-20(32-22(28)15-4-2-1-3-5-15)17(26)12-24(33-18,34-21)23(29)30/h1-11,17-18,20-21,25-26H,12-13H2,(H,29,30)/b11-8+/t17-,18-,20+,21+,24+/m0/s1. The Labute approximate surface area is 193 Å². The highest BCUT2D eigenvalue weighted by Crippen LogP contribution is 2.42. The van der Waals surface area contributed by atoms with Crippen LogP contribution in [0.1, 0.15) is 22.3 Å². The number of carboxylic acid groups (broad SMARTS) is 1. The maximum absolute atomic E-state index is 12.5. The van der Waals surface area contributed by atoms with E-state index in [0.29, 0.717) is 5.56 Å². The molecule has 2 aliphatic heterocycles. The molecule has 0 saturated carbocycles. The van der Waals surface area contributed by atoms with Crippen LogP contribution in [0.15, 0.2) is 60.7 Å². The van der Waals surface area contributed by atoms with E-state index >= 15 is 0 Å². The molecule has 0 spiro atoms. The van der Waals surface area contributed by atoms with E-state index in [1.165, 1.54) is 30.3 Å². The van der Waals surface area contributed by atoms with Gasteiger partial charge in [-0.25, -0.2) is 14.4 Å². The molecule has 3 N–H and O–H groups in total. The number of carbonyl (C=O) groups is 3. The molecule has 2 aliphatic rings. The van der Waals surface area contributed by atoms with Crippen molar-refractivity contribution in [2.24, 2.45) is 0 Å². The Balaban J connectivity index is 1.44. The van der Waals surface area contributed by atoms with E-state index < -0.39 is 61.1 Å². The maximum atomic E-state index is 12.5. The first-order valence-corrected chi connectivity index (χ1v) is 10.4. The van der Waals surface area contributed by atoms with Gasteiger partial charge < -0.3 is 34.3 Å². The Morgan fingerprint density at radius 1 is 1.06 bits per heavy atom. The van der Waals surface area contributed by atoms with Crippen molar-refractivity contribution < 1.29 is 48.7 Å². The van der Waals surface area contributed by atoms with Crippen LogP contribution in [0.4, 0.5) is 0 Å². The number of esters is 2. The number of hydrogen-bond donors (Lipinski definition) is 3.